The predicted molar refractivity (Wildman–Crippen MR) is 82.8 cm³/mol. The van der Waals surface area contributed by atoms with Crippen molar-refractivity contribution in [3.8, 4) is 0 Å². The highest BCUT2D eigenvalue weighted by atomic mass is 16.5. The van der Waals surface area contributed by atoms with Crippen LogP contribution in [-0.4, -0.2) is 32.3 Å². The SMILES string of the molecule is COCC(C)NC(N)=NCC1(Cc2ccccc2)CC1. The van der Waals surface area contributed by atoms with E-state index in [-0.39, 0.29) is 6.04 Å². The molecular weight excluding hydrogens is 250 g/mol. The molecule has 1 unspecified atom stereocenters. The van der Waals surface area contributed by atoms with Gasteiger partial charge in [0.15, 0.2) is 5.96 Å². The number of guanidine groups is 1. The Labute approximate surface area is 121 Å². The molecule has 1 aromatic carbocycles. The van der Waals surface area contributed by atoms with Crippen molar-refractivity contribution in [1.29, 1.82) is 0 Å². The van der Waals surface area contributed by atoms with Crippen LogP contribution in [0.25, 0.3) is 0 Å². The molecule has 2 rings (SSSR count). The Morgan fingerprint density at radius 2 is 2.10 bits per heavy atom. The van der Waals surface area contributed by atoms with E-state index in [1.807, 2.05) is 6.92 Å². The van der Waals surface area contributed by atoms with Crippen LogP contribution < -0.4 is 11.1 Å². The Balaban J connectivity index is 1.83. The molecule has 0 aromatic heterocycles. The van der Waals surface area contributed by atoms with E-state index < -0.39 is 0 Å². The normalized spacial score (nSPS) is 18.6. The minimum atomic E-state index is 0.188. The van der Waals surface area contributed by atoms with Gasteiger partial charge >= 0.3 is 0 Å². The van der Waals surface area contributed by atoms with Crippen LogP contribution in [0.4, 0.5) is 0 Å². The lowest BCUT2D eigenvalue weighted by Gasteiger charge is -2.16. The van der Waals surface area contributed by atoms with Gasteiger partial charge in [-0.15, -0.1) is 0 Å². The summed E-state index contributed by atoms with van der Waals surface area (Å²) in [5, 5.41) is 3.15. The van der Waals surface area contributed by atoms with Crippen LogP contribution in [0.5, 0.6) is 0 Å². The van der Waals surface area contributed by atoms with Crippen molar-refractivity contribution < 1.29 is 4.74 Å². The second-order valence-electron chi connectivity index (χ2n) is 5.86. The summed E-state index contributed by atoms with van der Waals surface area (Å²) in [6.45, 7) is 3.47. The zero-order valence-electron chi connectivity index (χ0n) is 12.4. The number of nitrogens with two attached hydrogens (primary N) is 1. The smallest absolute Gasteiger partial charge is 0.188 e. The number of nitrogens with zero attached hydrogens (tertiary/aromatic N) is 1. The fourth-order valence-corrected chi connectivity index (χ4v) is 2.44. The number of rotatable bonds is 7. The molecule has 0 heterocycles. The maximum absolute atomic E-state index is 5.92. The second kappa shape index (κ2) is 6.75. The fraction of sp³-hybridized carbons (Fsp3) is 0.562. The zero-order chi connectivity index (χ0) is 14.4. The van der Waals surface area contributed by atoms with Crippen molar-refractivity contribution in [2.24, 2.45) is 16.1 Å². The fourth-order valence-electron chi connectivity index (χ4n) is 2.44. The molecule has 1 aliphatic rings. The van der Waals surface area contributed by atoms with Gasteiger partial charge in [0, 0.05) is 19.7 Å². The van der Waals surface area contributed by atoms with Gasteiger partial charge < -0.3 is 15.8 Å². The Morgan fingerprint density at radius 3 is 2.70 bits per heavy atom. The third-order valence-electron chi connectivity index (χ3n) is 3.77. The third kappa shape index (κ3) is 4.53. The van der Waals surface area contributed by atoms with Crippen molar-refractivity contribution in [1.82, 2.24) is 5.32 Å². The molecule has 0 bridgehead atoms. The Hall–Kier alpha value is -1.55. The minimum absolute atomic E-state index is 0.188. The van der Waals surface area contributed by atoms with E-state index in [1.165, 1.54) is 18.4 Å². The first kappa shape index (κ1) is 14.9. The lowest BCUT2D eigenvalue weighted by molar-refractivity contribution is 0.179. The molecule has 3 N–H and O–H groups in total. The lowest BCUT2D eigenvalue weighted by atomic mass is 9.97. The molecule has 0 radical (unpaired) electrons. The van der Waals surface area contributed by atoms with Gasteiger partial charge in [-0.3, -0.25) is 4.99 Å². The first-order chi connectivity index (χ1) is 9.63. The van der Waals surface area contributed by atoms with E-state index >= 15 is 0 Å². The van der Waals surface area contributed by atoms with Crippen LogP contribution in [-0.2, 0) is 11.2 Å². The molecule has 110 valence electrons. The molecule has 20 heavy (non-hydrogen) atoms. The highest BCUT2D eigenvalue weighted by Gasteiger charge is 2.42. The molecule has 1 saturated carbocycles. The van der Waals surface area contributed by atoms with Gasteiger partial charge in [0.25, 0.3) is 0 Å². The maximum atomic E-state index is 5.92. The van der Waals surface area contributed by atoms with Crippen molar-refractivity contribution in [2.75, 3.05) is 20.3 Å². The Bertz CT molecular complexity index is 440. The molecule has 1 atom stereocenters. The number of methoxy groups -OCH3 is 1. The first-order valence-electron chi connectivity index (χ1n) is 7.23. The topological polar surface area (TPSA) is 59.6 Å². The largest absolute Gasteiger partial charge is 0.383 e. The summed E-state index contributed by atoms with van der Waals surface area (Å²) in [7, 11) is 1.69. The van der Waals surface area contributed by atoms with Crippen molar-refractivity contribution in [3.05, 3.63) is 35.9 Å². The number of hydrogen-bond donors (Lipinski definition) is 2. The molecule has 4 heteroatoms. The summed E-state index contributed by atoms with van der Waals surface area (Å²) in [5.41, 5.74) is 7.64. The van der Waals surface area contributed by atoms with E-state index in [0.717, 1.165) is 13.0 Å². The minimum Gasteiger partial charge on any atom is -0.383 e. The summed E-state index contributed by atoms with van der Waals surface area (Å²) >= 11 is 0. The van der Waals surface area contributed by atoms with Gasteiger partial charge in [0.2, 0.25) is 0 Å². The maximum Gasteiger partial charge on any atom is 0.188 e. The van der Waals surface area contributed by atoms with Crippen LogP contribution in [0, 0.1) is 5.41 Å². The van der Waals surface area contributed by atoms with Gasteiger partial charge in [0.05, 0.1) is 6.61 Å². The summed E-state index contributed by atoms with van der Waals surface area (Å²) in [6.07, 6.45) is 3.58. The van der Waals surface area contributed by atoms with Crippen LogP contribution in [0.1, 0.15) is 25.3 Å². The summed E-state index contributed by atoms with van der Waals surface area (Å²) in [4.78, 5) is 4.50. The number of nitrogens with one attached hydrogen (secondary N) is 1. The molecule has 1 aliphatic carbocycles. The molecule has 0 spiro atoms. The van der Waals surface area contributed by atoms with E-state index in [4.69, 9.17) is 10.5 Å². The summed E-state index contributed by atoms with van der Waals surface area (Å²) in [6, 6.07) is 10.8. The average Bonchev–Trinajstić information content (AvgIpc) is 3.18. The number of benzene rings is 1. The van der Waals surface area contributed by atoms with Gasteiger partial charge in [-0.2, -0.15) is 0 Å². The molecule has 0 amide bonds. The van der Waals surface area contributed by atoms with E-state index in [1.54, 1.807) is 7.11 Å². The third-order valence-corrected chi connectivity index (χ3v) is 3.77. The first-order valence-corrected chi connectivity index (χ1v) is 7.23. The average molecular weight is 275 g/mol. The molecule has 0 saturated heterocycles. The highest BCUT2D eigenvalue weighted by molar-refractivity contribution is 5.78. The van der Waals surface area contributed by atoms with Crippen LogP contribution >= 0.6 is 0 Å². The van der Waals surface area contributed by atoms with Gasteiger partial charge in [-0.05, 0) is 37.2 Å². The molecular formula is C16H25N3O. The molecule has 1 fully saturated rings. The summed E-state index contributed by atoms with van der Waals surface area (Å²) in [5.74, 6) is 0.522. The molecule has 4 nitrogen and oxygen atoms in total. The number of hydrogen-bond acceptors (Lipinski definition) is 2. The quantitative estimate of drug-likeness (QED) is 0.590. The second-order valence-corrected chi connectivity index (χ2v) is 5.86. The highest BCUT2D eigenvalue weighted by Crippen LogP contribution is 2.48. The van der Waals surface area contributed by atoms with Crippen molar-refractivity contribution in [3.63, 3.8) is 0 Å². The van der Waals surface area contributed by atoms with Crippen LogP contribution in [0.2, 0.25) is 0 Å². The number of ether oxygens (including phenoxy) is 1. The molecule has 1 aromatic rings. The van der Waals surface area contributed by atoms with E-state index in [9.17, 15) is 0 Å². The monoisotopic (exact) mass is 275 g/mol. The Morgan fingerprint density at radius 1 is 1.40 bits per heavy atom. The lowest BCUT2D eigenvalue weighted by Crippen LogP contribution is -2.41. The van der Waals surface area contributed by atoms with Crippen LogP contribution in [0.15, 0.2) is 35.3 Å². The van der Waals surface area contributed by atoms with Gasteiger partial charge in [-0.25, -0.2) is 0 Å². The standard InChI is InChI=1S/C16H25N3O/c1-13(11-20-2)19-15(17)18-12-16(8-9-16)10-14-6-4-3-5-7-14/h3-7,13H,8-12H2,1-2H3,(H3,17,18,19). The summed E-state index contributed by atoms with van der Waals surface area (Å²) < 4.78 is 5.07. The number of aliphatic imine (C=N–C) groups is 1. The van der Waals surface area contributed by atoms with E-state index in [2.05, 4.69) is 40.6 Å². The van der Waals surface area contributed by atoms with Crippen molar-refractivity contribution in [2.45, 2.75) is 32.2 Å². The van der Waals surface area contributed by atoms with Crippen molar-refractivity contribution >= 4 is 5.96 Å². The molecule has 0 aliphatic heterocycles. The van der Waals surface area contributed by atoms with E-state index in [0.29, 0.717) is 18.0 Å². The Kier molecular flexibility index (Phi) is 5.01. The predicted octanol–water partition coefficient (Wildman–Crippen LogP) is 1.95. The zero-order valence-corrected chi connectivity index (χ0v) is 12.4. The van der Waals surface area contributed by atoms with Gasteiger partial charge in [0.1, 0.15) is 0 Å². The van der Waals surface area contributed by atoms with Gasteiger partial charge in [-0.1, -0.05) is 30.3 Å². The van der Waals surface area contributed by atoms with Crippen LogP contribution in [0.3, 0.4) is 0 Å².